The van der Waals surface area contributed by atoms with Gasteiger partial charge in [-0.3, -0.25) is 4.79 Å². The van der Waals surface area contributed by atoms with Crippen molar-refractivity contribution in [1.29, 1.82) is 0 Å². The van der Waals surface area contributed by atoms with Gasteiger partial charge in [-0.15, -0.1) is 0 Å². The Kier molecular flexibility index (Phi) is 2.27. The number of hydrogen-bond donors (Lipinski definition) is 1. The van der Waals surface area contributed by atoms with Gasteiger partial charge in [-0.1, -0.05) is 6.92 Å². The summed E-state index contributed by atoms with van der Waals surface area (Å²) in [7, 11) is 0. The SMILES string of the molecule is CC1Cc2oc(Cl)cc2C1CC(=O)O. The van der Waals surface area contributed by atoms with Crippen molar-refractivity contribution >= 4 is 17.6 Å². The molecule has 0 spiro atoms. The van der Waals surface area contributed by atoms with E-state index in [9.17, 15) is 4.79 Å². The Hall–Kier alpha value is -0.960. The van der Waals surface area contributed by atoms with Crippen LogP contribution in [0.2, 0.25) is 5.22 Å². The van der Waals surface area contributed by atoms with Crippen molar-refractivity contribution in [3.05, 3.63) is 22.6 Å². The van der Waals surface area contributed by atoms with E-state index in [0.717, 1.165) is 17.7 Å². The third kappa shape index (κ3) is 1.52. The van der Waals surface area contributed by atoms with Gasteiger partial charge >= 0.3 is 5.97 Å². The second-order valence-electron chi connectivity index (χ2n) is 3.81. The average Bonchev–Trinajstić information content (AvgIpc) is 2.51. The number of furan rings is 1. The van der Waals surface area contributed by atoms with Crippen molar-refractivity contribution in [3.8, 4) is 0 Å². The van der Waals surface area contributed by atoms with E-state index in [0.29, 0.717) is 11.1 Å². The molecule has 1 N–H and O–H groups in total. The molecule has 0 radical (unpaired) electrons. The lowest BCUT2D eigenvalue weighted by atomic mass is 9.91. The van der Waals surface area contributed by atoms with Gasteiger partial charge in [0.15, 0.2) is 5.22 Å². The zero-order chi connectivity index (χ0) is 10.3. The first-order valence-corrected chi connectivity index (χ1v) is 4.95. The van der Waals surface area contributed by atoms with Crippen LogP contribution in [0.1, 0.15) is 30.6 Å². The molecule has 1 aromatic rings. The molecule has 0 amide bonds. The van der Waals surface area contributed by atoms with Crippen LogP contribution >= 0.6 is 11.6 Å². The molecule has 1 aliphatic carbocycles. The lowest BCUT2D eigenvalue weighted by Crippen LogP contribution is -2.09. The maximum absolute atomic E-state index is 10.7. The molecule has 4 heteroatoms. The van der Waals surface area contributed by atoms with Crippen LogP contribution < -0.4 is 0 Å². The quantitative estimate of drug-likeness (QED) is 0.824. The third-order valence-corrected chi connectivity index (χ3v) is 2.99. The van der Waals surface area contributed by atoms with Gasteiger partial charge in [-0.2, -0.15) is 0 Å². The fourth-order valence-electron chi connectivity index (χ4n) is 2.12. The molecule has 2 atom stereocenters. The lowest BCUT2D eigenvalue weighted by molar-refractivity contribution is -0.137. The molecule has 14 heavy (non-hydrogen) atoms. The van der Waals surface area contributed by atoms with Crippen LogP contribution in [0, 0.1) is 5.92 Å². The molecule has 76 valence electrons. The molecule has 0 bridgehead atoms. The van der Waals surface area contributed by atoms with Crippen LogP contribution in [-0.2, 0) is 11.2 Å². The van der Waals surface area contributed by atoms with Gasteiger partial charge in [0.1, 0.15) is 5.76 Å². The Morgan fingerprint density at radius 2 is 2.50 bits per heavy atom. The Morgan fingerprint density at radius 1 is 1.79 bits per heavy atom. The van der Waals surface area contributed by atoms with E-state index < -0.39 is 5.97 Å². The number of carboxylic acid groups (broad SMARTS) is 1. The number of hydrogen-bond acceptors (Lipinski definition) is 2. The largest absolute Gasteiger partial charge is 0.481 e. The first kappa shape index (κ1) is 9.59. The number of carbonyl (C=O) groups is 1. The second kappa shape index (κ2) is 3.31. The molecule has 1 aliphatic rings. The summed E-state index contributed by atoms with van der Waals surface area (Å²) in [5.74, 6) is 0.469. The molecule has 3 nitrogen and oxygen atoms in total. The molecule has 0 aliphatic heterocycles. The smallest absolute Gasteiger partial charge is 0.303 e. The monoisotopic (exact) mass is 214 g/mol. The number of rotatable bonds is 2. The predicted molar refractivity (Wildman–Crippen MR) is 51.6 cm³/mol. The van der Waals surface area contributed by atoms with Gasteiger partial charge in [-0.25, -0.2) is 0 Å². The summed E-state index contributed by atoms with van der Waals surface area (Å²) in [6.07, 6.45) is 0.948. The van der Waals surface area contributed by atoms with Gasteiger partial charge in [-0.05, 0) is 29.1 Å². The minimum absolute atomic E-state index is 0.0544. The van der Waals surface area contributed by atoms with Gasteiger partial charge in [0.25, 0.3) is 0 Å². The average molecular weight is 215 g/mol. The fourth-order valence-corrected chi connectivity index (χ4v) is 2.33. The highest BCUT2D eigenvalue weighted by Crippen LogP contribution is 2.42. The van der Waals surface area contributed by atoms with E-state index in [2.05, 4.69) is 0 Å². The normalized spacial score (nSPS) is 25.0. The van der Waals surface area contributed by atoms with Crippen molar-refractivity contribution in [2.45, 2.75) is 25.7 Å². The third-order valence-electron chi connectivity index (χ3n) is 2.80. The molecule has 2 unspecified atom stereocenters. The van der Waals surface area contributed by atoms with Crippen LogP contribution in [0.3, 0.4) is 0 Å². The number of carboxylic acids is 1. The molecule has 0 aromatic carbocycles. The summed E-state index contributed by atoms with van der Waals surface area (Å²) in [6.45, 7) is 2.04. The fraction of sp³-hybridized carbons (Fsp3) is 0.500. The maximum Gasteiger partial charge on any atom is 0.303 e. The van der Waals surface area contributed by atoms with Crippen molar-refractivity contribution in [1.82, 2.24) is 0 Å². The highest BCUT2D eigenvalue weighted by atomic mass is 35.5. The van der Waals surface area contributed by atoms with Crippen molar-refractivity contribution in [3.63, 3.8) is 0 Å². The number of aliphatic carboxylic acids is 1. The highest BCUT2D eigenvalue weighted by Gasteiger charge is 2.34. The minimum Gasteiger partial charge on any atom is -0.481 e. The Bertz CT molecular complexity index is 369. The first-order chi connectivity index (χ1) is 6.58. The van der Waals surface area contributed by atoms with Crippen LogP contribution in [0.15, 0.2) is 10.5 Å². The van der Waals surface area contributed by atoms with Crippen molar-refractivity contribution in [2.24, 2.45) is 5.92 Å². The molecule has 0 fully saturated rings. The van der Waals surface area contributed by atoms with Crippen LogP contribution in [-0.4, -0.2) is 11.1 Å². The molecule has 0 saturated heterocycles. The van der Waals surface area contributed by atoms with E-state index in [1.54, 1.807) is 6.07 Å². The van der Waals surface area contributed by atoms with E-state index in [-0.39, 0.29) is 12.3 Å². The maximum atomic E-state index is 10.7. The molecule has 1 heterocycles. The van der Waals surface area contributed by atoms with Gasteiger partial charge in [0.05, 0.1) is 6.42 Å². The summed E-state index contributed by atoms with van der Waals surface area (Å²) in [5.41, 5.74) is 0.977. The molecule has 0 saturated carbocycles. The van der Waals surface area contributed by atoms with E-state index in [1.165, 1.54) is 0 Å². The van der Waals surface area contributed by atoms with Crippen molar-refractivity contribution < 1.29 is 14.3 Å². The second-order valence-corrected chi connectivity index (χ2v) is 4.19. The van der Waals surface area contributed by atoms with Crippen molar-refractivity contribution in [2.75, 3.05) is 0 Å². The van der Waals surface area contributed by atoms with E-state index in [1.807, 2.05) is 6.92 Å². The number of halogens is 1. The van der Waals surface area contributed by atoms with E-state index >= 15 is 0 Å². The zero-order valence-corrected chi connectivity index (χ0v) is 8.54. The van der Waals surface area contributed by atoms with Crippen LogP contribution in [0.4, 0.5) is 0 Å². The summed E-state index contributed by atoms with van der Waals surface area (Å²) in [5, 5.41) is 9.12. The number of fused-ring (bicyclic) bond motifs is 1. The minimum atomic E-state index is -0.771. The van der Waals surface area contributed by atoms with E-state index in [4.69, 9.17) is 21.1 Å². The van der Waals surface area contributed by atoms with Crippen LogP contribution in [0.5, 0.6) is 0 Å². The summed E-state index contributed by atoms with van der Waals surface area (Å²) < 4.78 is 5.28. The molecule has 2 rings (SSSR count). The predicted octanol–water partition coefficient (Wildman–Crippen LogP) is 2.68. The van der Waals surface area contributed by atoms with Gasteiger partial charge in [0.2, 0.25) is 0 Å². The summed E-state index contributed by atoms with van der Waals surface area (Å²) >= 11 is 5.71. The van der Waals surface area contributed by atoms with Gasteiger partial charge < -0.3 is 9.52 Å². The Balaban J connectivity index is 2.28. The summed E-state index contributed by atoms with van der Waals surface area (Å²) in [4.78, 5) is 10.7. The topological polar surface area (TPSA) is 50.4 Å². The molecule has 1 aromatic heterocycles. The highest BCUT2D eigenvalue weighted by molar-refractivity contribution is 6.29. The standard InChI is InChI=1S/C10H11ClO3/c1-5-2-8-7(3-9(11)14-8)6(5)4-10(12)13/h3,5-6H,2,4H2,1H3,(H,12,13). The zero-order valence-electron chi connectivity index (χ0n) is 7.79. The molecular formula is C10H11ClO3. The lowest BCUT2D eigenvalue weighted by Gasteiger charge is -2.12. The van der Waals surface area contributed by atoms with Crippen LogP contribution in [0.25, 0.3) is 0 Å². The Labute approximate surface area is 86.7 Å². The first-order valence-electron chi connectivity index (χ1n) is 4.58. The Morgan fingerprint density at radius 3 is 3.14 bits per heavy atom. The molecular weight excluding hydrogens is 204 g/mol. The summed E-state index contributed by atoms with van der Waals surface area (Å²) in [6, 6.07) is 1.74. The van der Waals surface area contributed by atoms with Gasteiger partial charge in [0, 0.05) is 12.3 Å².